The average molecular weight is 216 g/mol. The molecule has 0 atom stereocenters. The van der Waals surface area contributed by atoms with Crippen molar-refractivity contribution in [3.63, 3.8) is 0 Å². The lowest BCUT2D eigenvalue weighted by molar-refractivity contribution is -0.172. The summed E-state index contributed by atoms with van der Waals surface area (Å²) < 4.78 is 0. The minimum absolute atomic E-state index is 0.536. The van der Waals surface area contributed by atoms with E-state index in [4.69, 9.17) is 0 Å². The van der Waals surface area contributed by atoms with Gasteiger partial charge < -0.3 is 10.2 Å². The van der Waals surface area contributed by atoms with Gasteiger partial charge in [0.25, 0.3) is 0 Å². The van der Waals surface area contributed by atoms with Crippen LogP contribution in [0.4, 0.5) is 0 Å². The third kappa shape index (κ3) is 10.2. The zero-order valence-corrected chi connectivity index (χ0v) is 10.5. The van der Waals surface area contributed by atoms with Gasteiger partial charge in [0.15, 0.2) is 5.79 Å². The first kappa shape index (κ1) is 14.9. The van der Waals surface area contributed by atoms with E-state index < -0.39 is 5.79 Å². The molecule has 0 aliphatic carbocycles. The van der Waals surface area contributed by atoms with Gasteiger partial charge in [-0.1, -0.05) is 52.4 Å². The van der Waals surface area contributed by atoms with Gasteiger partial charge in [-0.25, -0.2) is 0 Å². The summed E-state index contributed by atoms with van der Waals surface area (Å²) in [5.41, 5.74) is 0. The summed E-state index contributed by atoms with van der Waals surface area (Å²) in [6.07, 6.45) is 10.0. The second-order valence-electron chi connectivity index (χ2n) is 4.60. The molecule has 0 aliphatic heterocycles. The first-order valence-electron chi connectivity index (χ1n) is 6.57. The Morgan fingerprint density at radius 3 is 1.60 bits per heavy atom. The van der Waals surface area contributed by atoms with Gasteiger partial charge in [-0.3, -0.25) is 0 Å². The molecule has 0 radical (unpaired) electrons. The van der Waals surface area contributed by atoms with E-state index in [0.29, 0.717) is 12.8 Å². The lowest BCUT2D eigenvalue weighted by Crippen LogP contribution is -2.27. The highest BCUT2D eigenvalue weighted by Gasteiger charge is 2.20. The van der Waals surface area contributed by atoms with Crippen LogP contribution in [0.5, 0.6) is 0 Å². The van der Waals surface area contributed by atoms with Crippen LogP contribution in [0, 0.1) is 0 Å². The van der Waals surface area contributed by atoms with Gasteiger partial charge in [0.05, 0.1) is 0 Å². The van der Waals surface area contributed by atoms with Gasteiger partial charge in [-0.2, -0.15) is 0 Å². The van der Waals surface area contributed by atoms with E-state index in [0.717, 1.165) is 32.1 Å². The number of aliphatic hydroxyl groups is 2. The fourth-order valence-electron chi connectivity index (χ4n) is 1.79. The second-order valence-corrected chi connectivity index (χ2v) is 4.60. The Morgan fingerprint density at radius 1 is 0.667 bits per heavy atom. The molecular formula is C13H28O2. The lowest BCUT2D eigenvalue weighted by Gasteiger charge is -2.21. The first-order chi connectivity index (χ1) is 7.12. The third-order valence-electron chi connectivity index (χ3n) is 2.86. The molecule has 2 N–H and O–H groups in total. The minimum atomic E-state index is -1.40. The quantitative estimate of drug-likeness (QED) is 0.432. The number of rotatable bonds is 10. The fourth-order valence-corrected chi connectivity index (χ4v) is 1.79. The molecule has 92 valence electrons. The molecule has 0 aromatic carbocycles. The highest BCUT2D eigenvalue weighted by Crippen LogP contribution is 2.19. The van der Waals surface area contributed by atoms with Crippen LogP contribution in [0.2, 0.25) is 0 Å². The molecular weight excluding hydrogens is 188 g/mol. The van der Waals surface area contributed by atoms with Crippen LogP contribution in [0.1, 0.15) is 78.1 Å². The molecule has 2 nitrogen and oxygen atoms in total. The predicted octanol–water partition coefficient (Wildman–Crippen LogP) is 3.61. The van der Waals surface area contributed by atoms with Crippen LogP contribution in [0.25, 0.3) is 0 Å². The van der Waals surface area contributed by atoms with Crippen molar-refractivity contribution < 1.29 is 10.2 Å². The van der Waals surface area contributed by atoms with E-state index in [-0.39, 0.29) is 0 Å². The van der Waals surface area contributed by atoms with Crippen molar-refractivity contribution in [1.82, 2.24) is 0 Å². The molecule has 0 aromatic rings. The molecule has 0 heterocycles. The number of hydrogen-bond donors (Lipinski definition) is 2. The third-order valence-corrected chi connectivity index (χ3v) is 2.86. The van der Waals surface area contributed by atoms with Gasteiger partial charge in [-0.15, -0.1) is 0 Å². The Labute approximate surface area is 94.7 Å². The Balaban J connectivity index is 3.38. The van der Waals surface area contributed by atoms with Crippen molar-refractivity contribution in [1.29, 1.82) is 0 Å². The summed E-state index contributed by atoms with van der Waals surface area (Å²) >= 11 is 0. The molecule has 0 rings (SSSR count). The van der Waals surface area contributed by atoms with Crippen molar-refractivity contribution in [2.24, 2.45) is 0 Å². The molecule has 0 bridgehead atoms. The summed E-state index contributed by atoms with van der Waals surface area (Å²) in [6, 6.07) is 0. The maximum atomic E-state index is 9.65. The molecule has 0 amide bonds. The molecule has 0 fully saturated rings. The highest BCUT2D eigenvalue weighted by atomic mass is 16.5. The lowest BCUT2D eigenvalue weighted by atomic mass is 10.0. The molecule has 2 heteroatoms. The zero-order chi connectivity index (χ0) is 11.6. The Morgan fingerprint density at radius 2 is 1.07 bits per heavy atom. The molecule has 0 saturated heterocycles. The Bertz CT molecular complexity index is 132. The number of hydrogen-bond acceptors (Lipinski definition) is 2. The van der Waals surface area contributed by atoms with Gasteiger partial charge in [-0.05, 0) is 12.8 Å². The van der Waals surface area contributed by atoms with Crippen molar-refractivity contribution in [3.05, 3.63) is 0 Å². The predicted molar refractivity (Wildman–Crippen MR) is 64.7 cm³/mol. The summed E-state index contributed by atoms with van der Waals surface area (Å²) in [5.74, 6) is -1.40. The standard InChI is InChI=1S/C13H28O2/c1-3-5-7-8-10-12-13(14,15)11-9-6-4-2/h14-15H,3-12H2,1-2H3. The van der Waals surface area contributed by atoms with E-state index in [1.165, 1.54) is 19.3 Å². The van der Waals surface area contributed by atoms with E-state index in [1.54, 1.807) is 0 Å². The van der Waals surface area contributed by atoms with Gasteiger partial charge in [0, 0.05) is 12.8 Å². The van der Waals surface area contributed by atoms with Crippen molar-refractivity contribution in [2.45, 2.75) is 83.8 Å². The monoisotopic (exact) mass is 216 g/mol. The number of unbranched alkanes of at least 4 members (excludes halogenated alkanes) is 6. The van der Waals surface area contributed by atoms with Crippen LogP contribution in [0.3, 0.4) is 0 Å². The van der Waals surface area contributed by atoms with Gasteiger partial charge in [0.2, 0.25) is 0 Å². The molecule has 0 aliphatic rings. The second kappa shape index (κ2) is 9.17. The van der Waals surface area contributed by atoms with Crippen molar-refractivity contribution in [2.75, 3.05) is 0 Å². The summed E-state index contributed by atoms with van der Waals surface area (Å²) in [4.78, 5) is 0. The fraction of sp³-hybridized carbons (Fsp3) is 1.00. The maximum absolute atomic E-state index is 9.65. The van der Waals surface area contributed by atoms with Crippen molar-refractivity contribution >= 4 is 0 Å². The van der Waals surface area contributed by atoms with Crippen LogP contribution in [-0.4, -0.2) is 16.0 Å². The first-order valence-corrected chi connectivity index (χ1v) is 6.57. The summed E-state index contributed by atoms with van der Waals surface area (Å²) in [5, 5.41) is 19.3. The van der Waals surface area contributed by atoms with Crippen LogP contribution < -0.4 is 0 Å². The SMILES string of the molecule is CCCCCCCC(O)(O)CCCCC. The van der Waals surface area contributed by atoms with E-state index in [9.17, 15) is 10.2 Å². The average Bonchev–Trinajstić information content (AvgIpc) is 2.17. The minimum Gasteiger partial charge on any atom is -0.366 e. The molecule has 0 saturated carbocycles. The topological polar surface area (TPSA) is 40.5 Å². The molecule has 0 unspecified atom stereocenters. The Kier molecular flexibility index (Phi) is 9.12. The van der Waals surface area contributed by atoms with E-state index in [1.807, 2.05) is 0 Å². The van der Waals surface area contributed by atoms with Gasteiger partial charge >= 0.3 is 0 Å². The molecule has 0 spiro atoms. The van der Waals surface area contributed by atoms with Gasteiger partial charge in [0.1, 0.15) is 0 Å². The van der Waals surface area contributed by atoms with Crippen LogP contribution in [-0.2, 0) is 0 Å². The van der Waals surface area contributed by atoms with Crippen molar-refractivity contribution in [3.8, 4) is 0 Å². The van der Waals surface area contributed by atoms with E-state index in [2.05, 4.69) is 13.8 Å². The smallest absolute Gasteiger partial charge is 0.162 e. The molecule has 0 aromatic heterocycles. The van der Waals surface area contributed by atoms with Crippen LogP contribution in [0.15, 0.2) is 0 Å². The normalized spacial score (nSPS) is 12.0. The Hall–Kier alpha value is -0.0800. The largest absolute Gasteiger partial charge is 0.366 e. The molecule has 15 heavy (non-hydrogen) atoms. The van der Waals surface area contributed by atoms with Crippen LogP contribution >= 0.6 is 0 Å². The highest BCUT2D eigenvalue weighted by molar-refractivity contribution is 4.64. The summed E-state index contributed by atoms with van der Waals surface area (Å²) in [7, 11) is 0. The van der Waals surface area contributed by atoms with E-state index >= 15 is 0 Å². The maximum Gasteiger partial charge on any atom is 0.162 e. The zero-order valence-electron chi connectivity index (χ0n) is 10.5. The summed E-state index contributed by atoms with van der Waals surface area (Å²) in [6.45, 7) is 4.31.